The van der Waals surface area contributed by atoms with Gasteiger partial charge in [0.25, 0.3) is 0 Å². The molecule has 1 heterocycles. The van der Waals surface area contributed by atoms with E-state index in [1.54, 1.807) is 0 Å². The zero-order valence-corrected chi connectivity index (χ0v) is 16.3. The molecule has 0 spiro atoms. The number of ether oxygens (including phenoxy) is 1. The molecule has 3 N–H and O–H groups in total. The number of amides is 1. The summed E-state index contributed by atoms with van der Waals surface area (Å²) in [6.07, 6.45) is 2.27. The first-order valence-electron chi connectivity index (χ1n) is 9.68. The molecular weight excluding hydrogens is 338 g/mol. The Morgan fingerprint density at radius 1 is 1.11 bits per heavy atom. The lowest BCUT2D eigenvalue weighted by atomic mass is 9.98. The molecule has 144 valence electrons. The molecule has 0 bridgehead atoms. The summed E-state index contributed by atoms with van der Waals surface area (Å²) in [5.41, 5.74) is 11.0. The fourth-order valence-electron chi connectivity index (χ4n) is 3.43. The zero-order valence-electron chi connectivity index (χ0n) is 16.3. The van der Waals surface area contributed by atoms with Crippen LogP contribution < -0.4 is 15.8 Å². The highest BCUT2D eigenvalue weighted by molar-refractivity contribution is 5.95. The lowest BCUT2D eigenvalue weighted by Crippen LogP contribution is -2.30. The summed E-state index contributed by atoms with van der Waals surface area (Å²) in [4.78, 5) is 14.1. The minimum Gasteiger partial charge on any atom is -0.492 e. The van der Waals surface area contributed by atoms with Gasteiger partial charge in [-0.05, 0) is 55.6 Å². The molecule has 1 aliphatic rings. The molecule has 0 atom stereocenters. The number of hydrogen-bond donors (Lipinski definition) is 2. The summed E-state index contributed by atoms with van der Waals surface area (Å²) in [5, 5.41) is 2.98. The maximum absolute atomic E-state index is 11.7. The van der Waals surface area contributed by atoms with Gasteiger partial charge >= 0.3 is 0 Å². The van der Waals surface area contributed by atoms with E-state index in [9.17, 15) is 4.79 Å². The van der Waals surface area contributed by atoms with Crippen molar-refractivity contribution >= 4 is 17.3 Å². The van der Waals surface area contributed by atoms with Gasteiger partial charge in [-0.3, -0.25) is 9.69 Å². The van der Waals surface area contributed by atoms with E-state index in [2.05, 4.69) is 29.3 Å². The lowest BCUT2D eigenvalue weighted by Gasteiger charge is -2.24. The molecule has 0 saturated carbocycles. The van der Waals surface area contributed by atoms with Crippen molar-refractivity contribution in [2.75, 3.05) is 37.3 Å². The van der Waals surface area contributed by atoms with Crippen molar-refractivity contribution in [1.29, 1.82) is 0 Å². The van der Waals surface area contributed by atoms with Crippen LogP contribution in [-0.4, -0.2) is 37.0 Å². The number of carbonyl (C=O) groups excluding carboxylic acids is 1. The normalized spacial score (nSPS) is 13.4. The number of nitrogens with two attached hydrogens (primary N) is 1. The van der Waals surface area contributed by atoms with Crippen LogP contribution in [0.1, 0.15) is 30.0 Å². The van der Waals surface area contributed by atoms with Crippen LogP contribution in [0.5, 0.6) is 5.75 Å². The Labute approximate surface area is 161 Å². The van der Waals surface area contributed by atoms with Gasteiger partial charge in [0.1, 0.15) is 12.4 Å². The number of anilines is 2. The second kappa shape index (κ2) is 8.91. The monoisotopic (exact) mass is 367 g/mol. The fourth-order valence-corrected chi connectivity index (χ4v) is 3.43. The first-order chi connectivity index (χ1) is 13.1. The lowest BCUT2D eigenvalue weighted by molar-refractivity contribution is -0.116. The van der Waals surface area contributed by atoms with Gasteiger partial charge in [0, 0.05) is 30.8 Å². The molecule has 0 unspecified atom stereocenters. The predicted molar refractivity (Wildman–Crippen MR) is 110 cm³/mol. The summed E-state index contributed by atoms with van der Waals surface area (Å²) in [7, 11) is 0. The smallest absolute Gasteiger partial charge is 0.224 e. The van der Waals surface area contributed by atoms with Crippen LogP contribution in [-0.2, 0) is 17.6 Å². The number of nitrogen functional groups attached to an aromatic ring is 1. The molecule has 0 fully saturated rings. The standard InChI is InChI=1S/C22H29N3O2/c1-3-25(13-12-17-5-7-18(23)8-6-17)14-15-27-20-10-4-16(2)22-19(20)9-11-21(26)24-22/h4-8,10H,3,9,11-15,23H2,1-2H3,(H,24,26). The number of fused-ring (bicyclic) bond motifs is 1. The Bertz CT molecular complexity index is 787. The molecule has 3 rings (SSSR count). The van der Waals surface area contributed by atoms with Crippen molar-refractivity contribution in [1.82, 2.24) is 4.90 Å². The molecule has 1 aliphatic heterocycles. The van der Waals surface area contributed by atoms with E-state index >= 15 is 0 Å². The van der Waals surface area contributed by atoms with Crippen molar-refractivity contribution < 1.29 is 9.53 Å². The maximum atomic E-state index is 11.7. The third kappa shape index (κ3) is 5.01. The molecular formula is C22H29N3O2. The van der Waals surface area contributed by atoms with Gasteiger partial charge in [0.2, 0.25) is 5.91 Å². The summed E-state index contributed by atoms with van der Waals surface area (Å²) >= 11 is 0. The van der Waals surface area contributed by atoms with E-state index in [0.717, 1.165) is 60.7 Å². The van der Waals surface area contributed by atoms with Gasteiger partial charge in [-0.2, -0.15) is 0 Å². The van der Waals surface area contributed by atoms with Gasteiger partial charge < -0.3 is 15.8 Å². The number of carbonyl (C=O) groups is 1. The van der Waals surface area contributed by atoms with Crippen molar-refractivity contribution in [2.24, 2.45) is 0 Å². The zero-order chi connectivity index (χ0) is 19.2. The Morgan fingerprint density at radius 2 is 1.89 bits per heavy atom. The van der Waals surface area contributed by atoms with Gasteiger partial charge in [-0.1, -0.05) is 25.1 Å². The van der Waals surface area contributed by atoms with E-state index < -0.39 is 0 Å². The van der Waals surface area contributed by atoms with E-state index in [4.69, 9.17) is 10.5 Å². The molecule has 0 radical (unpaired) electrons. The van der Waals surface area contributed by atoms with E-state index in [0.29, 0.717) is 13.0 Å². The molecule has 2 aromatic carbocycles. The number of rotatable bonds is 8. The summed E-state index contributed by atoms with van der Waals surface area (Å²) in [5.74, 6) is 0.979. The van der Waals surface area contributed by atoms with Gasteiger partial charge in [0.05, 0.1) is 5.69 Å². The molecule has 5 nitrogen and oxygen atoms in total. The van der Waals surface area contributed by atoms with Crippen LogP contribution in [0.2, 0.25) is 0 Å². The van der Waals surface area contributed by atoms with E-state index in [1.165, 1.54) is 5.56 Å². The van der Waals surface area contributed by atoms with Gasteiger partial charge in [0.15, 0.2) is 0 Å². The van der Waals surface area contributed by atoms with Gasteiger partial charge in [-0.15, -0.1) is 0 Å². The quantitative estimate of drug-likeness (QED) is 0.702. The van der Waals surface area contributed by atoms with Crippen LogP contribution in [0.15, 0.2) is 36.4 Å². The average Bonchev–Trinajstić information content (AvgIpc) is 2.67. The maximum Gasteiger partial charge on any atom is 0.224 e. The minimum atomic E-state index is 0.0857. The summed E-state index contributed by atoms with van der Waals surface area (Å²) < 4.78 is 6.09. The third-order valence-electron chi connectivity index (χ3n) is 5.15. The molecule has 27 heavy (non-hydrogen) atoms. The first kappa shape index (κ1) is 19.2. The van der Waals surface area contributed by atoms with Crippen LogP contribution in [0.25, 0.3) is 0 Å². The molecule has 0 saturated heterocycles. The fraction of sp³-hybridized carbons (Fsp3) is 0.409. The highest BCUT2D eigenvalue weighted by Crippen LogP contribution is 2.34. The Kier molecular flexibility index (Phi) is 6.35. The molecule has 1 amide bonds. The Balaban J connectivity index is 1.53. The third-order valence-corrected chi connectivity index (χ3v) is 5.15. The number of hydrogen-bond acceptors (Lipinski definition) is 4. The van der Waals surface area contributed by atoms with Crippen molar-refractivity contribution in [3.63, 3.8) is 0 Å². The van der Waals surface area contributed by atoms with Crippen molar-refractivity contribution in [3.05, 3.63) is 53.1 Å². The van der Waals surface area contributed by atoms with E-state index in [1.807, 2.05) is 31.2 Å². The van der Waals surface area contributed by atoms with Crippen LogP contribution in [0.3, 0.4) is 0 Å². The van der Waals surface area contributed by atoms with Crippen LogP contribution in [0, 0.1) is 6.92 Å². The second-order valence-electron chi connectivity index (χ2n) is 7.06. The second-order valence-corrected chi connectivity index (χ2v) is 7.06. The Hall–Kier alpha value is -2.53. The number of likely N-dealkylation sites (N-methyl/N-ethyl adjacent to an activating group) is 1. The largest absolute Gasteiger partial charge is 0.492 e. The topological polar surface area (TPSA) is 67.6 Å². The number of nitrogens with zero attached hydrogens (tertiary/aromatic N) is 1. The molecule has 0 aliphatic carbocycles. The van der Waals surface area contributed by atoms with Gasteiger partial charge in [-0.25, -0.2) is 0 Å². The first-order valence-corrected chi connectivity index (χ1v) is 9.68. The average molecular weight is 367 g/mol. The predicted octanol–water partition coefficient (Wildman–Crippen LogP) is 3.41. The SMILES string of the molecule is CCN(CCOc1ccc(C)c2c1CCC(=O)N2)CCc1ccc(N)cc1. The minimum absolute atomic E-state index is 0.0857. The van der Waals surface area contributed by atoms with E-state index in [-0.39, 0.29) is 5.91 Å². The number of aryl methyl sites for hydroxylation is 1. The highest BCUT2D eigenvalue weighted by Gasteiger charge is 2.20. The molecule has 5 heteroatoms. The molecule has 2 aromatic rings. The summed E-state index contributed by atoms with van der Waals surface area (Å²) in [6, 6.07) is 12.1. The Morgan fingerprint density at radius 3 is 2.63 bits per heavy atom. The van der Waals surface area contributed by atoms with Crippen LogP contribution in [0.4, 0.5) is 11.4 Å². The van der Waals surface area contributed by atoms with Crippen molar-refractivity contribution in [2.45, 2.75) is 33.1 Å². The van der Waals surface area contributed by atoms with Crippen LogP contribution >= 0.6 is 0 Å². The summed E-state index contributed by atoms with van der Waals surface area (Å²) in [6.45, 7) is 7.68. The number of nitrogens with one attached hydrogen (secondary N) is 1. The molecule has 0 aromatic heterocycles. The highest BCUT2D eigenvalue weighted by atomic mass is 16.5. The number of benzene rings is 2. The van der Waals surface area contributed by atoms with Crippen molar-refractivity contribution in [3.8, 4) is 5.75 Å².